The van der Waals surface area contributed by atoms with Gasteiger partial charge in [0.05, 0.1) is 17.3 Å². The van der Waals surface area contributed by atoms with E-state index in [1.165, 1.54) is 18.3 Å². The summed E-state index contributed by atoms with van der Waals surface area (Å²) in [5, 5.41) is 0.892. The Hall–Kier alpha value is -2.07. The van der Waals surface area contributed by atoms with Crippen molar-refractivity contribution in [3.63, 3.8) is 0 Å². The Morgan fingerprint density at radius 3 is 2.73 bits per heavy atom. The van der Waals surface area contributed by atoms with Crippen LogP contribution in [0, 0.1) is 6.92 Å². The lowest BCUT2D eigenvalue weighted by Gasteiger charge is -2.41. The molecule has 2 heterocycles. The molecule has 1 N–H and O–H groups in total. The molecule has 158 valence electrons. The lowest BCUT2D eigenvalue weighted by atomic mass is 9.86. The molecule has 1 unspecified atom stereocenters. The van der Waals surface area contributed by atoms with E-state index in [-0.39, 0.29) is 5.78 Å². The summed E-state index contributed by atoms with van der Waals surface area (Å²) in [5.41, 5.74) is 1.80. The van der Waals surface area contributed by atoms with Gasteiger partial charge in [-0.2, -0.15) is 0 Å². The van der Waals surface area contributed by atoms with E-state index >= 15 is 0 Å². The second kappa shape index (κ2) is 8.97. The molecule has 0 bridgehead atoms. The third kappa shape index (κ3) is 4.34. The fourth-order valence-corrected chi connectivity index (χ4v) is 5.32. The van der Waals surface area contributed by atoms with Gasteiger partial charge >= 0.3 is 0 Å². The summed E-state index contributed by atoms with van der Waals surface area (Å²) in [6.07, 6.45) is 5.33. The fraction of sp³-hybridized carbons (Fsp3) is 0.381. The summed E-state index contributed by atoms with van der Waals surface area (Å²) in [6, 6.07) is 10.4. The van der Waals surface area contributed by atoms with Gasteiger partial charge < -0.3 is 9.45 Å². The number of hydrogen-bond donors (Lipinski definition) is 1. The predicted octanol–water partition coefficient (Wildman–Crippen LogP) is 3.10. The minimum atomic E-state index is -1.36. The average molecular weight is 444 g/mol. The molecular weight excluding hydrogens is 418 g/mol. The first-order chi connectivity index (χ1) is 14.4. The molecule has 7 nitrogen and oxygen atoms in total. The van der Waals surface area contributed by atoms with Gasteiger partial charge in [-0.3, -0.25) is 9.52 Å². The van der Waals surface area contributed by atoms with Crippen LogP contribution < -0.4 is 9.62 Å². The van der Waals surface area contributed by atoms with Crippen molar-refractivity contribution in [1.29, 1.82) is 0 Å². The molecular formula is C21H25N5O2S2. The second-order valence-electron chi connectivity index (χ2n) is 7.68. The van der Waals surface area contributed by atoms with Crippen LogP contribution in [0.3, 0.4) is 0 Å². The minimum Gasteiger partial charge on any atom is -0.587 e. The van der Waals surface area contributed by atoms with Gasteiger partial charge in [-0.1, -0.05) is 29.6 Å². The van der Waals surface area contributed by atoms with Crippen molar-refractivity contribution in [1.82, 2.24) is 18.7 Å². The highest BCUT2D eigenvalue weighted by molar-refractivity contribution is 7.98. The van der Waals surface area contributed by atoms with Crippen LogP contribution >= 0.6 is 11.9 Å². The van der Waals surface area contributed by atoms with Gasteiger partial charge in [-0.15, -0.1) is 3.97 Å². The Labute approximate surface area is 183 Å². The Morgan fingerprint density at radius 1 is 1.30 bits per heavy atom. The van der Waals surface area contributed by atoms with Gasteiger partial charge in [0, 0.05) is 19.1 Å². The maximum Gasteiger partial charge on any atom is 0.191 e. The highest BCUT2D eigenvalue weighted by Crippen LogP contribution is 2.33. The number of anilines is 1. The van der Waals surface area contributed by atoms with E-state index < -0.39 is 11.4 Å². The zero-order valence-electron chi connectivity index (χ0n) is 17.2. The second-order valence-corrected chi connectivity index (χ2v) is 9.86. The Balaban J connectivity index is 1.48. The van der Waals surface area contributed by atoms with Gasteiger partial charge in [-0.25, -0.2) is 9.97 Å². The lowest BCUT2D eigenvalue weighted by Crippen LogP contribution is -2.50. The molecule has 0 spiro atoms. The van der Waals surface area contributed by atoms with Crippen molar-refractivity contribution in [3.8, 4) is 0 Å². The smallest absolute Gasteiger partial charge is 0.191 e. The molecule has 1 aromatic carbocycles. The van der Waals surface area contributed by atoms with Crippen molar-refractivity contribution >= 4 is 45.9 Å². The van der Waals surface area contributed by atoms with E-state index in [0.717, 1.165) is 34.5 Å². The monoisotopic (exact) mass is 443 g/mol. The molecule has 4 rings (SSSR count). The van der Waals surface area contributed by atoms with E-state index in [0.29, 0.717) is 23.5 Å². The lowest BCUT2D eigenvalue weighted by molar-refractivity contribution is -0.114. The average Bonchev–Trinajstić information content (AvgIpc) is 3.13. The molecule has 0 amide bonds. The van der Waals surface area contributed by atoms with Crippen molar-refractivity contribution < 1.29 is 9.35 Å². The third-order valence-corrected chi connectivity index (χ3v) is 7.73. The van der Waals surface area contributed by atoms with Gasteiger partial charge in [0.25, 0.3) is 0 Å². The number of nitrogens with zero attached hydrogens (tertiary/aromatic N) is 4. The number of aromatic nitrogens is 3. The molecule has 0 radical (unpaired) electrons. The molecule has 2 aromatic heterocycles. The van der Waals surface area contributed by atoms with Crippen LogP contribution in [0.5, 0.6) is 0 Å². The number of ketones is 1. The molecule has 0 saturated heterocycles. The van der Waals surface area contributed by atoms with E-state index in [2.05, 4.69) is 19.6 Å². The summed E-state index contributed by atoms with van der Waals surface area (Å²) in [4.78, 5) is 22.9. The Bertz CT molecular complexity index is 1030. The van der Waals surface area contributed by atoms with Crippen molar-refractivity contribution in [2.45, 2.75) is 43.7 Å². The zero-order valence-corrected chi connectivity index (χ0v) is 18.9. The van der Waals surface area contributed by atoms with E-state index in [1.54, 1.807) is 10.9 Å². The molecule has 30 heavy (non-hydrogen) atoms. The first kappa shape index (κ1) is 21.2. The first-order valence-electron chi connectivity index (χ1n) is 9.84. The van der Waals surface area contributed by atoms with Crippen LogP contribution in [0.1, 0.15) is 25.3 Å². The fourth-order valence-electron chi connectivity index (χ4n) is 3.53. The number of carbonyl (C=O) groups excluding carboxylic acids is 1. The topological polar surface area (TPSA) is 86.1 Å². The summed E-state index contributed by atoms with van der Waals surface area (Å²) in [7, 11) is 2.04. The molecule has 1 aliphatic carbocycles. The number of nitrogens with one attached hydrogen (secondary N) is 1. The summed E-state index contributed by atoms with van der Waals surface area (Å²) in [5.74, 6) is 1.52. The molecule has 1 saturated carbocycles. The summed E-state index contributed by atoms with van der Waals surface area (Å²) >= 11 is 0.117. The van der Waals surface area contributed by atoms with Crippen LogP contribution in [-0.4, -0.2) is 49.2 Å². The summed E-state index contributed by atoms with van der Waals surface area (Å²) in [6.45, 7) is 3.61. The van der Waals surface area contributed by atoms with E-state index in [4.69, 9.17) is 0 Å². The van der Waals surface area contributed by atoms with Gasteiger partial charge in [0.2, 0.25) is 0 Å². The third-order valence-electron chi connectivity index (χ3n) is 5.35. The maximum absolute atomic E-state index is 13.1. The molecule has 1 fully saturated rings. The quantitative estimate of drug-likeness (QED) is 0.423. The van der Waals surface area contributed by atoms with Crippen LogP contribution in [-0.2, 0) is 16.2 Å². The largest absolute Gasteiger partial charge is 0.587 e. The van der Waals surface area contributed by atoms with Crippen molar-refractivity contribution in [3.05, 3.63) is 48.4 Å². The number of aryl methyl sites for hydroxylation is 1. The normalized spacial score (nSPS) is 19.5. The van der Waals surface area contributed by atoms with Crippen LogP contribution in [0.15, 0.2) is 47.8 Å². The van der Waals surface area contributed by atoms with Crippen molar-refractivity contribution in [2.24, 2.45) is 0 Å². The first-order valence-corrected chi connectivity index (χ1v) is 11.9. The number of hydrogen-bond acceptors (Lipinski definition) is 7. The number of Topliss-reactive ketones (excluding diaryl/α,β-unsaturated/α-hetero) is 1. The molecule has 1 aliphatic rings. The molecule has 0 aliphatic heterocycles. The van der Waals surface area contributed by atoms with E-state index in [1.807, 2.05) is 50.5 Å². The number of fused-ring (bicyclic) bond motifs is 1. The zero-order chi connectivity index (χ0) is 21.3. The Kier molecular flexibility index (Phi) is 6.33. The van der Waals surface area contributed by atoms with Gasteiger partial charge in [0.15, 0.2) is 10.5 Å². The standard InChI is InChI=1S/C21H25N5O2S2/c1-14-4-6-18(7-5-14)30(28)26-9-8-19-20(22-13-23-21(19)26)25(3)17-10-16(11-17)24-29-12-15(2)27/h4-9,13,16-17,24H,10-12H2,1-3H3/t16-,17+,30?. The number of benzene rings is 1. The minimum absolute atomic E-state index is 0.177. The SMILES string of the molecule is CC(=O)CSN[C@H]1C[C@@H](N(C)c2ncnc3c2ccn3[S+]([O-])c2ccc(C)cc2)C1. The number of carbonyl (C=O) groups is 1. The maximum atomic E-state index is 13.1. The van der Waals surface area contributed by atoms with Crippen LogP contribution in [0.25, 0.3) is 11.0 Å². The highest BCUT2D eigenvalue weighted by Gasteiger charge is 2.33. The number of rotatable bonds is 8. The van der Waals surface area contributed by atoms with Crippen molar-refractivity contribution in [2.75, 3.05) is 17.7 Å². The molecule has 9 heteroatoms. The predicted molar refractivity (Wildman–Crippen MR) is 122 cm³/mol. The van der Waals surface area contributed by atoms with Crippen LogP contribution in [0.4, 0.5) is 5.82 Å². The molecule has 3 aromatic rings. The van der Waals surface area contributed by atoms with Crippen LogP contribution in [0.2, 0.25) is 0 Å². The van der Waals surface area contributed by atoms with E-state index in [9.17, 15) is 9.35 Å². The summed E-state index contributed by atoms with van der Waals surface area (Å²) < 4.78 is 18.1. The Morgan fingerprint density at radius 2 is 2.03 bits per heavy atom. The highest BCUT2D eigenvalue weighted by atomic mass is 32.2. The van der Waals surface area contributed by atoms with Gasteiger partial charge in [0.1, 0.15) is 29.3 Å². The molecule has 1 atom stereocenters. The van der Waals surface area contributed by atoms with Gasteiger partial charge in [-0.05, 0) is 44.9 Å².